The van der Waals surface area contributed by atoms with Crippen LogP contribution in [0, 0.1) is 6.92 Å². The lowest BCUT2D eigenvalue weighted by Gasteiger charge is -2.09. The Kier molecular flexibility index (Phi) is 5.51. The van der Waals surface area contributed by atoms with E-state index in [1.54, 1.807) is 17.1 Å². The molecular weight excluding hydrogens is 308 g/mol. The van der Waals surface area contributed by atoms with Gasteiger partial charge < -0.3 is 5.32 Å². The third-order valence-electron chi connectivity index (χ3n) is 2.99. The number of aryl methyl sites for hydroxylation is 1. The largest absolute Gasteiger partial charge is 0.312 e. The number of thiophene rings is 1. The third kappa shape index (κ3) is 4.13. The number of sulfonamides is 1. The molecule has 0 unspecified atom stereocenters. The lowest BCUT2D eigenvalue weighted by atomic mass is 10.3. The summed E-state index contributed by atoms with van der Waals surface area (Å²) in [6.45, 7) is 6.04. The van der Waals surface area contributed by atoms with Crippen molar-refractivity contribution in [3.05, 3.63) is 34.3 Å². The molecule has 2 N–H and O–H groups in total. The number of hydrogen-bond acceptors (Lipinski definition) is 5. The SMILES string of the molecule is CCNCc1scc(C)c1S(=O)(=O)NCCn1cccn1. The minimum absolute atomic E-state index is 0.319. The van der Waals surface area contributed by atoms with Crippen molar-refractivity contribution >= 4 is 21.4 Å². The summed E-state index contributed by atoms with van der Waals surface area (Å²) in [6, 6.07) is 1.81. The van der Waals surface area contributed by atoms with Gasteiger partial charge in [0.25, 0.3) is 0 Å². The average Bonchev–Trinajstić information content (AvgIpc) is 3.06. The molecule has 2 rings (SSSR count). The van der Waals surface area contributed by atoms with Gasteiger partial charge in [0.1, 0.15) is 4.90 Å². The number of aromatic nitrogens is 2. The van der Waals surface area contributed by atoms with Crippen LogP contribution in [-0.2, 0) is 23.1 Å². The summed E-state index contributed by atoms with van der Waals surface area (Å²) in [6.07, 6.45) is 3.48. The second-order valence-electron chi connectivity index (χ2n) is 4.62. The molecule has 21 heavy (non-hydrogen) atoms. The van der Waals surface area contributed by atoms with Crippen molar-refractivity contribution in [1.82, 2.24) is 19.8 Å². The molecule has 0 saturated carbocycles. The normalized spacial score (nSPS) is 11.9. The van der Waals surface area contributed by atoms with Gasteiger partial charge in [-0.15, -0.1) is 11.3 Å². The standard InChI is InChI=1S/C13H20N4O2S2/c1-3-14-9-12-13(11(2)10-20-12)21(18,19)16-6-8-17-7-4-5-15-17/h4-5,7,10,14,16H,3,6,8-9H2,1-2H3. The number of nitrogens with zero attached hydrogens (tertiary/aromatic N) is 2. The van der Waals surface area contributed by atoms with E-state index in [0.29, 0.717) is 24.5 Å². The van der Waals surface area contributed by atoms with E-state index in [2.05, 4.69) is 15.1 Å². The lowest BCUT2D eigenvalue weighted by molar-refractivity contribution is 0.559. The molecule has 116 valence electrons. The fourth-order valence-corrected chi connectivity index (χ4v) is 4.81. The molecule has 0 fully saturated rings. The number of nitrogens with one attached hydrogen (secondary N) is 2. The van der Waals surface area contributed by atoms with Crippen molar-refractivity contribution in [3.8, 4) is 0 Å². The molecule has 0 aliphatic heterocycles. The molecule has 0 aromatic carbocycles. The molecule has 0 atom stereocenters. The monoisotopic (exact) mass is 328 g/mol. The second-order valence-corrected chi connectivity index (χ2v) is 7.29. The first kappa shape index (κ1) is 16.2. The first-order chi connectivity index (χ1) is 10.0. The van der Waals surface area contributed by atoms with Crippen LogP contribution in [0.5, 0.6) is 0 Å². The van der Waals surface area contributed by atoms with Gasteiger partial charge in [-0.1, -0.05) is 6.92 Å². The highest BCUT2D eigenvalue weighted by Crippen LogP contribution is 2.26. The molecule has 0 spiro atoms. The van der Waals surface area contributed by atoms with Crippen LogP contribution < -0.4 is 10.0 Å². The van der Waals surface area contributed by atoms with Gasteiger partial charge in [0, 0.05) is 30.4 Å². The van der Waals surface area contributed by atoms with Crippen molar-refractivity contribution in [2.24, 2.45) is 0 Å². The Morgan fingerprint density at radius 2 is 2.24 bits per heavy atom. The van der Waals surface area contributed by atoms with Gasteiger partial charge in [0.2, 0.25) is 10.0 Å². The van der Waals surface area contributed by atoms with Crippen molar-refractivity contribution < 1.29 is 8.42 Å². The van der Waals surface area contributed by atoms with Crippen LogP contribution in [0.4, 0.5) is 0 Å². The van der Waals surface area contributed by atoms with E-state index in [-0.39, 0.29) is 0 Å². The molecule has 0 bridgehead atoms. The molecule has 6 nitrogen and oxygen atoms in total. The zero-order chi connectivity index (χ0) is 15.3. The summed E-state index contributed by atoms with van der Waals surface area (Å²) < 4.78 is 29.3. The van der Waals surface area contributed by atoms with E-state index in [1.165, 1.54) is 11.3 Å². The Morgan fingerprint density at radius 1 is 1.43 bits per heavy atom. The fraction of sp³-hybridized carbons (Fsp3) is 0.462. The van der Waals surface area contributed by atoms with Gasteiger partial charge in [-0.2, -0.15) is 5.10 Å². The Morgan fingerprint density at radius 3 is 2.90 bits per heavy atom. The van der Waals surface area contributed by atoms with E-state index >= 15 is 0 Å². The molecule has 2 aromatic rings. The predicted octanol–water partition coefficient (Wildman–Crippen LogP) is 1.34. The van der Waals surface area contributed by atoms with Gasteiger partial charge in [-0.25, -0.2) is 13.1 Å². The fourth-order valence-electron chi connectivity index (χ4n) is 2.01. The van der Waals surface area contributed by atoms with Crippen LogP contribution >= 0.6 is 11.3 Å². The van der Waals surface area contributed by atoms with Crippen molar-refractivity contribution in [2.75, 3.05) is 13.1 Å². The van der Waals surface area contributed by atoms with Crippen LogP contribution in [0.1, 0.15) is 17.4 Å². The second kappa shape index (κ2) is 7.17. The lowest BCUT2D eigenvalue weighted by Crippen LogP contribution is -2.29. The molecule has 0 aliphatic carbocycles. The summed E-state index contributed by atoms with van der Waals surface area (Å²) in [7, 11) is -3.48. The maximum Gasteiger partial charge on any atom is 0.242 e. The zero-order valence-corrected chi connectivity index (χ0v) is 13.8. The van der Waals surface area contributed by atoms with Crippen LogP contribution in [0.2, 0.25) is 0 Å². The summed E-state index contributed by atoms with van der Waals surface area (Å²) in [4.78, 5) is 1.26. The highest BCUT2D eigenvalue weighted by Gasteiger charge is 2.22. The van der Waals surface area contributed by atoms with E-state index < -0.39 is 10.0 Å². The molecule has 8 heteroatoms. The molecule has 0 saturated heterocycles. The van der Waals surface area contributed by atoms with Crippen LogP contribution in [0.3, 0.4) is 0 Å². The zero-order valence-electron chi connectivity index (χ0n) is 12.2. The van der Waals surface area contributed by atoms with E-state index in [4.69, 9.17) is 0 Å². The van der Waals surface area contributed by atoms with Gasteiger partial charge in [-0.05, 0) is 30.5 Å². The Hall–Kier alpha value is -1.22. The van der Waals surface area contributed by atoms with E-state index in [0.717, 1.165) is 17.0 Å². The predicted molar refractivity (Wildman–Crippen MR) is 83.9 cm³/mol. The van der Waals surface area contributed by atoms with E-state index in [9.17, 15) is 8.42 Å². The van der Waals surface area contributed by atoms with Gasteiger partial charge in [0.05, 0.1) is 6.54 Å². The summed E-state index contributed by atoms with van der Waals surface area (Å²) in [5, 5.41) is 9.10. The molecule has 0 amide bonds. The van der Waals surface area contributed by atoms with Gasteiger partial charge in [0.15, 0.2) is 0 Å². The molecule has 0 aliphatic rings. The van der Waals surface area contributed by atoms with Crippen LogP contribution in [0.15, 0.2) is 28.7 Å². The topological polar surface area (TPSA) is 76.0 Å². The smallest absolute Gasteiger partial charge is 0.242 e. The van der Waals surface area contributed by atoms with Crippen LogP contribution in [0.25, 0.3) is 0 Å². The Bertz CT molecular complexity index is 662. The highest BCUT2D eigenvalue weighted by molar-refractivity contribution is 7.89. The number of hydrogen-bond donors (Lipinski definition) is 2. The minimum Gasteiger partial charge on any atom is -0.312 e. The quantitative estimate of drug-likeness (QED) is 0.767. The van der Waals surface area contributed by atoms with Crippen molar-refractivity contribution in [3.63, 3.8) is 0 Å². The number of rotatable bonds is 8. The maximum absolute atomic E-state index is 12.5. The third-order valence-corrected chi connectivity index (χ3v) is 5.91. The minimum atomic E-state index is -3.48. The Labute approximate surface area is 129 Å². The van der Waals surface area contributed by atoms with Gasteiger partial charge in [-0.3, -0.25) is 4.68 Å². The van der Waals surface area contributed by atoms with Gasteiger partial charge >= 0.3 is 0 Å². The average molecular weight is 328 g/mol. The maximum atomic E-state index is 12.5. The van der Waals surface area contributed by atoms with Crippen molar-refractivity contribution in [2.45, 2.75) is 31.8 Å². The Balaban J connectivity index is 2.06. The molecule has 2 aromatic heterocycles. The van der Waals surface area contributed by atoms with Crippen molar-refractivity contribution in [1.29, 1.82) is 0 Å². The highest BCUT2D eigenvalue weighted by atomic mass is 32.2. The first-order valence-electron chi connectivity index (χ1n) is 6.79. The summed E-state index contributed by atoms with van der Waals surface area (Å²) >= 11 is 1.47. The summed E-state index contributed by atoms with van der Waals surface area (Å²) in [5.41, 5.74) is 0.791. The molecule has 0 radical (unpaired) electrons. The molecule has 2 heterocycles. The summed E-state index contributed by atoms with van der Waals surface area (Å²) in [5.74, 6) is 0. The molecular formula is C13H20N4O2S2. The van der Waals surface area contributed by atoms with Crippen LogP contribution in [-0.4, -0.2) is 31.3 Å². The van der Waals surface area contributed by atoms with E-state index in [1.807, 2.05) is 25.3 Å². The first-order valence-corrected chi connectivity index (χ1v) is 9.15.